The van der Waals surface area contributed by atoms with Crippen molar-refractivity contribution < 1.29 is 4.79 Å². The van der Waals surface area contributed by atoms with Crippen molar-refractivity contribution in [2.45, 2.75) is 19.3 Å². The summed E-state index contributed by atoms with van der Waals surface area (Å²) in [5, 5.41) is 0.952. The highest BCUT2D eigenvalue weighted by molar-refractivity contribution is 6.06. The monoisotopic (exact) mass is 241 g/mol. The lowest BCUT2D eigenvalue weighted by molar-refractivity contribution is -0.119. The number of pyridine rings is 1. The number of hydrogen-bond acceptors (Lipinski definition) is 3. The van der Waals surface area contributed by atoms with E-state index in [1.165, 1.54) is 0 Å². The highest BCUT2D eigenvalue weighted by Crippen LogP contribution is 2.31. The van der Waals surface area contributed by atoms with Gasteiger partial charge in [-0.3, -0.25) is 9.78 Å². The van der Waals surface area contributed by atoms with E-state index in [2.05, 4.69) is 4.98 Å². The van der Waals surface area contributed by atoms with Crippen LogP contribution in [0.25, 0.3) is 10.9 Å². The second-order valence-corrected chi connectivity index (χ2v) is 4.58. The number of aromatic nitrogens is 1. The number of fused-ring (bicyclic) bond motifs is 1. The average molecular weight is 241 g/mol. The predicted octanol–water partition coefficient (Wildman–Crippen LogP) is 2.33. The van der Waals surface area contributed by atoms with E-state index in [1.807, 2.05) is 29.2 Å². The first-order valence-corrected chi connectivity index (χ1v) is 6.21. The largest absolute Gasteiger partial charge is 0.397 e. The lowest BCUT2D eigenvalue weighted by atomic mass is 10.1. The summed E-state index contributed by atoms with van der Waals surface area (Å²) >= 11 is 0. The molecule has 1 saturated heterocycles. The van der Waals surface area contributed by atoms with Crippen LogP contribution in [0.4, 0.5) is 11.4 Å². The summed E-state index contributed by atoms with van der Waals surface area (Å²) in [6.07, 6.45) is 4.39. The number of rotatable bonds is 1. The Labute approximate surface area is 105 Å². The van der Waals surface area contributed by atoms with E-state index in [1.54, 1.807) is 6.20 Å². The van der Waals surface area contributed by atoms with Crippen LogP contribution in [0.3, 0.4) is 0 Å². The van der Waals surface area contributed by atoms with Crippen LogP contribution in [-0.4, -0.2) is 17.4 Å². The third-order valence-electron chi connectivity index (χ3n) is 3.39. The maximum absolute atomic E-state index is 12.0. The van der Waals surface area contributed by atoms with Crippen LogP contribution in [0.1, 0.15) is 19.3 Å². The SMILES string of the molecule is Nc1ccc(N2CCCCC2=O)c2cccnc12. The van der Waals surface area contributed by atoms with E-state index in [-0.39, 0.29) is 5.91 Å². The number of hydrogen-bond donors (Lipinski definition) is 1. The number of amides is 1. The number of anilines is 2. The number of nitrogens with zero attached hydrogens (tertiary/aromatic N) is 2. The molecular formula is C14H15N3O. The number of nitrogens with two attached hydrogens (primary N) is 1. The Bertz CT molecular complexity index is 609. The molecule has 0 radical (unpaired) electrons. The van der Waals surface area contributed by atoms with Gasteiger partial charge in [-0.1, -0.05) is 0 Å². The molecule has 3 rings (SSSR count). The first-order chi connectivity index (χ1) is 8.77. The Hall–Kier alpha value is -2.10. The molecule has 0 saturated carbocycles. The number of benzene rings is 1. The first-order valence-electron chi connectivity index (χ1n) is 6.21. The standard InChI is InChI=1S/C14H15N3O/c15-11-6-7-12(10-4-3-8-16-14(10)11)17-9-2-1-5-13(17)18/h3-4,6-8H,1-2,5,9,15H2. The second kappa shape index (κ2) is 4.29. The van der Waals surface area contributed by atoms with Gasteiger partial charge in [0, 0.05) is 24.5 Å². The minimum Gasteiger partial charge on any atom is -0.397 e. The molecule has 1 amide bonds. The van der Waals surface area contributed by atoms with E-state index < -0.39 is 0 Å². The molecule has 1 fully saturated rings. The second-order valence-electron chi connectivity index (χ2n) is 4.58. The number of carbonyl (C=O) groups excluding carboxylic acids is 1. The Morgan fingerprint density at radius 3 is 2.94 bits per heavy atom. The summed E-state index contributed by atoms with van der Waals surface area (Å²) in [6, 6.07) is 7.59. The van der Waals surface area contributed by atoms with Gasteiger partial charge in [-0.25, -0.2) is 0 Å². The molecule has 1 aromatic carbocycles. The first kappa shape index (κ1) is 11.0. The molecule has 0 aliphatic carbocycles. The van der Waals surface area contributed by atoms with Crippen LogP contribution < -0.4 is 10.6 Å². The fourth-order valence-electron chi connectivity index (χ4n) is 2.48. The van der Waals surface area contributed by atoms with Gasteiger partial charge in [-0.2, -0.15) is 0 Å². The van der Waals surface area contributed by atoms with Crippen molar-refractivity contribution in [3.05, 3.63) is 30.5 Å². The molecule has 1 aliphatic rings. The predicted molar refractivity (Wildman–Crippen MR) is 72.4 cm³/mol. The zero-order valence-corrected chi connectivity index (χ0v) is 10.1. The summed E-state index contributed by atoms with van der Waals surface area (Å²) in [6.45, 7) is 0.784. The van der Waals surface area contributed by atoms with Gasteiger partial charge in [-0.15, -0.1) is 0 Å². The van der Waals surface area contributed by atoms with E-state index in [9.17, 15) is 4.79 Å². The van der Waals surface area contributed by atoms with Gasteiger partial charge < -0.3 is 10.6 Å². The van der Waals surface area contributed by atoms with Gasteiger partial charge in [0.05, 0.1) is 16.9 Å². The van der Waals surface area contributed by atoms with Crippen molar-refractivity contribution in [2.75, 3.05) is 17.2 Å². The molecule has 2 aromatic rings. The highest BCUT2D eigenvalue weighted by atomic mass is 16.2. The van der Waals surface area contributed by atoms with E-state index >= 15 is 0 Å². The van der Waals surface area contributed by atoms with Crippen molar-refractivity contribution in [2.24, 2.45) is 0 Å². The molecule has 0 atom stereocenters. The quantitative estimate of drug-likeness (QED) is 0.779. The highest BCUT2D eigenvalue weighted by Gasteiger charge is 2.21. The maximum Gasteiger partial charge on any atom is 0.226 e. The molecule has 0 unspecified atom stereocenters. The summed E-state index contributed by atoms with van der Waals surface area (Å²) in [5.74, 6) is 0.191. The molecule has 2 N–H and O–H groups in total. The smallest absolute Gasteiger partial charge is 0.226 e. The Kier molecular flexibility index (Phi) is 2.63. The van der Waals surface area contributed by atoms with Crippen LogP contribution in [0.2, 0.25) is 0 Å². The Morgan fingerprint density at radius 2 is 2.11 bits per heavy atom. The van der Waals surface area contributed by atoms with E-state index in [4.69, 9.17) is 5.73 Å². The van der Waals surface area contributed by atoms with Gasteiger partial charge >= 0.3 is 0 Å². The molecule has 4 nitrogen and oxygen atoms in total. The number of nitrogen functional groups attached to an aromatic ring is 1. The molecule has 1 aliphatic heterocycles. The number of piperidine rings is 1. The minimum absolute atomic E-state index is 0.191. The minimum atomic E-state index is 0.191. The Balaban J connectivity index is 2.17. The normalized spacial score (nSPS) is 16.2. The van der Waals surface area contributed by atoms with Crippen molar-refractivity contribution in [1.29, 1.82) is 0 Å². The Morgan fingerprint density at radius 1 is 1.22 bits per heavy atom. The number of carbonyl (C=O) groups is 1. The summed E-state index contributed by atoms with van der Waals surface area (Å²) in [7, 11) is 0. The van der Waals surface area contributed by atoms with Crippen LogP contribution in [0.15, 0.2) is 30.5 Å². The van der Waals surface area contributed by atoms with Crippen molar-refractivity contribution in [1.82, 2.24) is 4.98 Å². The van der Waals surface area contributed by atoms with Crippen LogP contribution in [-0.2, 0) is 4.79 Å². The lowest BCUT2D eigenvalue weighted by Gasteiger charge is -2.28. The van der Waals surface area contributed by atoms with Crippen molar-refractivity contribution in [3.8, 4) is 0 Å². The fraction of sp³-hybridized carbons (Fsp3) is 0.286. The van der Waals surface area contributed by atoms with Crippen molar-refractivity contribution >= 4 is 28.2 Å². The molecule has 4 heteroatoms. The van der Waals surface area contributed by atoms with Gasteiger partial charge in [0.25, 0.3) is 0 Å². The topological polar surface area (TPSA) is 59.2 Å². The van der Waals surface area contributed by atoms with Crippen molar-refractivity contribution in [3.63, 3.8) is 0 Å². The fourth-order valence-corrected chi connectivity index (χ4v) is 2.48. The third-order valence-corrected chi connectivity index (χ3v) is 3.39. The van der Waals surface area contributed by atoms with Gasteiger partial charge in [0.2, 0.25) is 5.91 Å². The van der Waals surface area contributed by atoms with Crippen LogP contribution in [0, 0.1) is 0 Å². The molecule has 0 bridgehead atoms. The lowest BCUT2D eigenvalue weighted by Crippen LogP contribution is -2.35. The van der Waals surface area contributed by atoms with E-state index in [0.29, 0.717) is 12.1 Å². The van der Waals surface area contributed by atoms with E-state index in [0.717, 1.165) is 36.0 Å². The summed E-state index contributed by atoms with van der Waals surface area (Å²) < 4.78 is 0. The van der Waals surface area contributed by atoms with Crippen LogP contribution >= 0.6 is 0 Å². The molecule has 0 spiro atoms. The zero-order chi connectivity index (χ0) is 12.5. The molecule has 2 heterocycles. The van der Waals surface area contributed by atoms with Crippen LogP contribution in [0.5, 0.6) is 0 Å². The van der Waals surface area contributed by atoms with Gasteiger partial charge in [0.15, 0.2) is 0 Å². The van der Waals surface area contributed by atoms with Gasteiger partial charge in [0.1, 0.15) is 0 Å². The summed E-state index contributed by atoms with van der Waals surface area (Å²) in [4.78, 5) is 18.2. The molecule has 1 aromatic heterocycles. The third kappa shape index (κ3) is 1.70. The molecule has 18 heavy (non-hydrogen) atoms. The zero-order valence-electron chi connectivity index (χ0n) is 10.1. The van der Waals surface area contributed by atoms with Gasteiger partial charge in [-0.05, 0) is 37.1 Å². The molecular weight excluding hydrogens is 226 g/mol. The average Bonchev–Trinajstić information content (AvgIpc) is 2.41. The summed E-state index contributed by atoms with van der Waals surface area (Å²) in [5.41, 5.74) is 8.27. The molecule has 92 valence electrons. The maximum atomic E-state index is 12.0.